The van der Waals surface area contributed by atoms with E-state index in [9.17, 15) is 9.59 Å². The van der Waals surface area contributed by atoms with Crippen LogP contribution in [-0.2, 0) is 23.8 Å². The van der Waals surface area contributed by atoms with E-state index in [2.05, 4.69) is 0 Å². The first kappa shape index (κ1) is 18.2. The Bertz CT molecular complexity index is 638. The summed E-state index contributed by atoms with van der Waals surface area (Å²) in [5, 5.41) is 0.544. The van der Waals surface area contributed by atoms with Gasteiger partial charge in [-0.2, -0.15) is 0 Å². The van der Waals surface area contributed by atoms with Crippen LogP contribution in [-0.4, -0.2) is 36.9 Å². The first-order chi connectivity index (χ1) is 11.5. The lowest BCUT2D eigenvalue weighted by Crippen LogP contribution is -2.41. The van der Waals surface area contributed by atoms with Crippen LogP contribution in [0.4, 0.5) is 0 Å². The lowest BCUT2D eigenvalue weighted by Gasteiger charge is -2.30. The number of halogens is 1. The molecule has 0 saturated carbocycles. The van der Waals surface area contributed by atoms with E-state index in [4.69, 9.17) is 25.8 Å². The molecule has 0 N–H and O–H groups in total. The largest absolute Gasteiger partial charge is 0.463 e. The zero-order valence-electron chi connectivity index (χ0n) is 13.5. The minimum Gasteiger partial charge on any atom is -0.463 e. The molecule has 0 spiro atoms. The Kier molecular flexibility index (Phi) is 6.58. The van der Waals surface area contributed by atoms with Crippen molar-refractivity contribution in [2.45, 2.75) is 32.2 Å². The van der Waals surface area contributed by atoms with Crippen LogP contribution in [0.2, 0.25) is 0 Å². The third-order valence-corrected chi connectivity index (χ3v) is 3.65. The average molecular weight is 351 g/mol. The molecule has 1 heterocycles. The van der Waals surface area contributed by atoms with E-state index >= 15 is 0 Å². The van der Waals surface area contributed by atoms with Gasteiger partial charge in [-0.1, -0.05) is 48.0 Å². The summed E-state index contributed by atoms with van der Waals surface area (Å²) >= 11 is 6.31. The number of benzene rings is 1. The summed E-state index contributed by atoms with van der Waals surface area (Å²) in [5.74, 6) is -0.860. The minimum absolute atomic E-state index is 0.00901. The fraction of sp³-hybridized carbons (Fsp3) is 0.333. The zero-order chi connectivity index (χ0) is 17.5. The number of carbonyl (C=O) groups is 2. The minimum atomic E-state index is -0.609. The molecule has 128 valence electrons. The maximum Gasteiger partial charge on any atom is 0.303 e. The van der Waals surface area contributed by atoms with E-state index in [-0.39, 0.29) is 6.61 Å². The molecule has 6 heteroatoms. The van der Waals surface area contributed by atoms with Crippen LogP contribution < -0.4 is 0 Å². The highest BCUT2D eigenvalue weighted by molar-refractivity contribution is 6.48. The molecule has 0 amide bonds. The van der Waals surface area contributed by atoms with Crippen LogP contribution >= 0.6 is 11.6 Å². The Morgan fingerprint density at radius 2 is 1.88 bits per heavy atom. The molecule has 1 aromatic carbocycles. The summed E-state index contributed by atoms with van der Waals surface area (Å²) in [6.07, 6.45) is 3.60. The number of esters is 2. The van der Waals surface area contributed by atoms with Crippen LogP contribution in [0.3, 0.4) is 0 Å². The zero-order valence-corrected chi connectivity index (χ0v) is 14.2. The maximum absolute atomic E-state index is 11.2. The van der Waals surface area contributed by atoms with Gasteiger partial charge in [0.1, 0.15) is 18.8 Å². The van der Waals surface area contributed by atoms with Gasteiger partial charge in [0.2, 0.25) is 0 Å². The van der Waals surface area contributed by atoms with E-state index in [0.717, 1.165) is 5.56 Å². The Morgan fingerprint density at radius 3 is 2.50 bits per heavy atom. The third kappa shape index (κ3) is 5.51. The molecular weight excluding hydrogens is 332 g/mol. The predicted molar refractivity (Wildman–Crippen MR) is 90.3 cm³/mol. The highest BCUT2D eigenvalue weighted by Gasteiger charge is 2.30. The van der Waals surface area contributed by atoms with Crippen molar-refractivity contribution in [3.05, 3.63) is 54.1 Å². The van der Waals surface area contributed by atoms with Gasteiger partial charge >= 0.3 is 11.9 Å². The lowest BCUT2D eigenvalue weighted by molar-refractivity contribution is -0.161. The molecule has 1 aliphatic rings. The molecule has 0 saturated heterocycles. The number of rotatable bonds is 5. The Labute approximate surface area is 145 Å². The van der Waals surface area contributed by atoms with E-state index < -0.39 is 30.3 Å². The molecule has 5 nitrogen and oxygen atoms in total. The van der Waals surface area contributed by atoms with Crippen molar-refractivity contribution in [2.75, 3.05) is 6.61 Å². The Balaban J connectivity index is 2.12. The second-order valence-corrected chi connectivity index (χ2v) is 5.69. The maximum atomic E-state index is 11.2. The van der Waals surface area contributed by atoms with Crippen LogP contribution in [0.25, 0.3) is 5.03 Å². The van der Waals surface area contributed by atoms with Crippen LogP contribution in [0, 0.1) is 0 Å². The summed E-state index contributed by atoms with van der Waals surface area (Å²) in [7, 11) is 0. The van der Waals surface area contributed by atoms with Gasteiger partial charge in [0, 0.05) is 18.9 Å². The number of carbonyl (C=O) groups excluding carboxylic acids is 2. The molecule has 0 bridgehead atoms. The van der Waals surface area contributed by atoms with E-state index in [0.29, 0.717) is 5.03 Å². The summed E-state index contributed by atoms with van der Waals surface area (Å²) < 4.78 is 16.0. The van der Waals surface area contributed by atoms with Crippen molar-refractivity contribution >= 4 is 28.6 Å². The van der Waals surface area contributed by atoms with Crippen LogP contribution in [0.15, 0.2) is 48.6 Å². The number of hydrogen-bond donors (Lipinski definition) is 0. The van der Waals surface area contributed by atoms with Gasteiger partial charge in [0.25, 0.3) is 0 Å². The van der Waals surface area contributed by atoms with Crippen LogP contribution in [0.5, 0.6) is 0 Å². The molecule has 24 heavy (non-hydrogen) atoms. The first-order valence-electron chi connectivity index (χ1n) is 7.53. The van der Waals surface area contributed by atoms with Gasteiger partial charge in [-0.3, -0.25) is 9.59 Å². The van der Waals surface area contributed by atoms with Gasteiger partial charge in [0.05, 0.1) is 6.10 Å². The van der Waals surface area contributed by atoms with Crippen molar-refractivity contribution in [2.24, 2.45) is 0 Å². The fourth-order valence-electron chi connectivity index (χ4n) is 2.24. The lowest BCUT2D eigenvalue weighted by atomic mass is 10.1. The van der Waals surface area contributed by atoms with Crippen molar-refractivity contribution in [1.29, 1.82) is 0 Å². The second-order valence-electron chi connectivity index (χ2n) is 5.28. The van der Waals surface area contributed by atoms with Gasteiger partial charge in [-0.15, -0.1) is 0 Å². The monoisotopic (exact) mass is 350 g/mol. The SMILES string of the molecule is CC(=O)OC[C@H]1OC(/C=C(/Cl)c2ccccc2)C=C[C@@H]1OC(C)=O. The van der Waals surface area contributed by atoms with Gasteiger partial charge < -0.3 is 14.2 Å². The summed E-state index contributed by atoms with van der Waals surface area (Å²) in [4.78, 5) is 22.2. The number of hydrogen-bond acceptors (Lipinski definition) is 5. The van der Waals surface area contributed by atoms with Gasteiger partial charge in [-0.25, -0.2) is 0 Å². The molecule has 0 fully saturated rings. The molecule has 1 unspecified atom stereocenters. The molecular formula is C18H19ClO5. The van der Waals surface area contributed by atoms with E-state index in [1.165, 1.54) is 13.8 Å². The van der Waals surface area contributed by atoms with Crippen molar-refractivity contribution in [3.63, 3.8) is 0 Å². The van der Waals surface area contributed by atoms with Crippen molar-refractivity contribution < 1.29 is 23.8 Å². The van der Waals surface area contributed by atoms with E-state index in [1.54, 1.807) is 18.2 Å². The predicted octanol–water partition coefficient (Wildman–Crippen LogP) is 3.08. The summed E-state index contributed by atoms with van der Waals surface area (Å²) in [5.41, 5.74) is 0.870. The van der Waals surface area contributed by atoms with Gasteiger partial charge in [-0.05, 0) is 17.7 Å². The average Bonchev–Trinajstić information content (AvgIpc) is 2.55. The van der Waals surface area contributed by atoms with Gasteiger partial charge in [0.15, 0.2) is 0 Å². The molecule has 0 aromatic heterocycles. The third-order valence-electron chi connectivity index (χ3n) is 3.30. The first-order valence-corrected chi connectivity index (χ1v) is 7.90. The quantitative estimate of drug-likeness (QED) is 0.603. The highest BCUT2D eigenvalue weighted by Crippen LogP contribution is 2.24. The number of ether oxygens (including phenoxy) is 3. The van der Waals surface area contributed by atoms with Crippen LogP contribution in [0.1, 0.15) is 19.4 Å². The Hall–Kier alpha value is -2.11. The Morgan fingerprint density at radius 1 is 1.17 bits per heavy atom. The second kappa shape index (κ2) is 8.66. The normalized spacial score (nSPS) is 23.6. The molecule has 0 radical (unpaired) electrons. The molecule has 0 aliphatic carbocycles. The molecule has 1 aliphatic heterocycles. The highest BCUT2D eigenvalue weighted by atomic mass is 35.5. The summed E-state index contributed by atoms with van der Waals surface area (Å²) in [6, 6.07) is 9.48. The molecule has 1 aromatic rings. The standard InChI is InChI=1S/C18H19ClO5/c1-12(20)22-11-18-17(23-13(2)21)9-8-15(24-18)10-16(19)14-6-4-3-5-7-14/h3-10,15,17-18H,11H2,1-2H3/b16-10+/t15?,17-,18+/m0/s1. The van der Waals surface area contributed by atoms with Crippen molar-refractivity contribution in [3.8, 4) is 0 Å². The van der Waals surface area contributed by atoms with E-state index in [1.807, 2.05) is 30.3 Å². The smallest absolute Gasteiger partial charge is 0.303 e. The fourth-order valence-corrected chi connectivity index (χ4v) is 2.49. The van der Waals surface area contributed by atoms with Crippen molar-refractivity contribution in [1.82, 2.24) is 0 Å². The summed E-state index contributed by atoms with van der Waals surface area (Å²) in [6.45, 7) is 2.61. The topological polar surface area (TPSA) is 61.8 Å². The molecule has 2 rings (SSSR count). The molecule has 3 atom stereocenters.